The molecule has 0 bridgehead atoms. The Morgan fingerprint density at radius 3 is 1.95 bits per heavy atom. The molecule has 0 atom stereocenters. The maximum atomic E-state index is 12.4. The Balaban J connectivity index is 0.000000211. The lowest BCUT2D eigenvalue weighted by atomic mass is 10.1. The summed E-state index contributed by atoms with van der Waals surface area (Å²) >= 11 is 0. The van der Waals surface area contributed by atoms with Crippen LogP contribution in [0.2, 0.25) is 0 Å². The van der Waals surface area contributed by atoms with Crippen LogP contribution in [0.3, 0.4) is 0 Å². The summed E-state index contributed by atoms with van der Waals surface area (Å²) in [7, 11) is 0. The molecule has 0 aliphatic heterocycles. The number of rotatable bonds is 1. The van der Waals surface area contributed by atoms with Gasteiger partial charge >= 0.3 is 0 Å². The van der Waals surface area contributed by atoms with Crippen molar-refractivity contribution in [2.75, 3.05) is 0 Å². The van der Waals surface area contributed by atoms with Gasteiger partial charge in [-0.15, -0.1) is 0 Å². The molecule has 0 aliphatic rings. The fourth-order valence-electron chi connectivity index (χ4n) is 1.55. The van der Waals surface area contributed by atoms with Crippen LogP contribution in [0.5, 0.6) is 0 Å². The summed E-state index contributed by atoms with van der Waals surface area (Å²) < 4.78 is 24.8. The van der Waals surface area contributed by atoms with Crippen molar-refractivity contribution >= 4 is 0 Å². The number of halogens is 2. The normalized spacial score (nSPS) is 9.05. The first-order valence-electron chi connectivity index (χ1n) is 5.97. The van der Waals surface area contributed by atoms with Crippen molar-refractivity contribution in [1.82, 2.24) is 0 Å². The molecule has 0 heterocycles. The van der Waals surface area contributed by atoms with Crippen molar-refractivity contribution in [2.45, 2.75) is 13.5 Å². The molecule has 0 aliphatic carbocycles. The van der Waals surface area contributed by atoms with E-state index < -0.39 is 5.82 Å². The van der Waals surface area contributed by atoms with E-state index in [1.165, 1.54) is 30.3 Å². The van der Waals surface area contributed by atoms with Crippen molar-refractivity contribution in [1.29, 1.82) is 10.5 Å². The third kappa shape index (κ3) is 4.68. The number of benzene rings is 2. The van der Waals surface area contributed by atoms with Crippen LogP contribution in [0.1, 0.15) is 22.3 Å². The molecule has 0 fully saturated rings. The van der Waals surface area contributed by atoms with E-state index >= 15 is 0 Å². The second-order valence-electron chi connectivity index (χ2n) is 4.14. The van der Waals surface area contributed by atoms with Gasteiger partial charge in [-0.1, -0.05) is 0 Å². The minimum absolute atomic E-state index is 0.295. The van der Waals surface area contributed by atoms with Gasteiger partial charge in [0.25, 0.3) is 0 Å². The van der Waals surface area contributed by atoms with E-state index in [-0.39, 0.29) is 12.4 Å². The molecule has 106 valence electrons. The van der Waals surface area contributed by atoms with Gasteiger partial charge in [-0.3, -0.25) is 0 Å². The van der Waals surface area contributed by atoms with Crippen LogP contribution in [-0.2, 0) is 6.61 Å². The lowest BCUT2D eigenvalue weighted by Crippen LogP contribution is -1.90. The molecular formula is C16H12F2N2O. The second kappa shape index (κ2) is 7.74. The Bertz CT molecular complexity index is 715. The molecule has 0 spiro atoms. The van der Waals surface area contributed by atoms with Gasteiger partial charge in [0.1, 0.15) is 11.6 Å². The molecule has 0 saturated heterocycles. The highest BCUT2D eigenvalue weighted by Gasteiger charge is 2.00. The van der Waals surface area contributed by atoms with Gasteiger partial charge in [0, 0.05) is 0 Å². The van der Waals surface area contributed by atoms with Gasteiger partial charge in [0.15, 0.2) is 0 Å². The first kappa shape index (κ1) is 16.3. The van der Waals surface area contributed by atoms with Gasteiger partial charge in [-0.05, 0) is 54.4 Å². The fraction of sp³-hybridized carbons (Fsp3) is 0.125. The first-order valence-corrected chi connectivity index (χ1v) is 5.97. The van der Waals surface area contributed by atoms with E-state index in [4.69, 9.17) is 15.6 Å². The third-order valence-corrected chi connectivity index (χ3v) is 2.67. The molecule has 0 saturated carbocycles. The summed E-state index contributed by atoms with van der Waals surface area (Å²) in [5.41, 5.74) is 1.85. The Morgan fingerprint density at radius 1 is 0.952 bits per heavy atom. The zero-order valence-electron chi connectivity index (χ0n) is 11.3. The lowest BCUT2D eigenvalue weighted by molar-refractivity contribution is 0.281. The zero-order valence-corrected chi connectivity index (χ0v) is 11.3. The smallest absolute Gasteiger partial charge is 0.123 e. The van der Waals surface area contributed by atoms with Crippen LogP contribution in [0.25, 0.3) is 0 Å². The summed E-state index contributed by atoms with van der Waals surface area (Å²) in [5, 5.41) is 25.5. The summed E-state index contributed by atoms with van der Waals surface area (Å²) in [6.07, 6.45) is 0. The molecule has 0 amide bonds. The highest BCUT2D eigenvalue weighted by molar-refractivity contribution is 5.37. The Morgan fingerprint density at radius 2 is 1.48 bits per heavy atom. The maximum absolute atomic E-state index is 12.4. The van der Waals surface area contributed by atoms with Crippen LogP contribution in [0.15, 0.2) is 36.4 Å². The highest BCUT2D eigenvalue weighted by atomic mass is 19.1. The van der Waals surface area contributed by atoms with Gasteiger partial charge in [-0.25, -0.2) is 8.78 Å². The first-order chi connectivity index (χ1) is 10.0. The number of nitrogens with zero attached hydrogens (tertiary/aromatic N) is 2. The van der Waals surface area contributed by atoms with Crippen molar-refractivity contribution < 1.29 is 13.9 Å². The predicted octanol–water partition coefficient (Wildman–Crippen LogP) is 3.20. The van der Waals surface area contributed by atoms with Gasteiger partial charge in [0.05, 0.1) is 29.9 Å². The lowest BCUT2D eigenvalue weighted by Gasteiger charge is -1.97. The van der Waals surface area contributed by atoms with E-state index in [9.17, 15) is 8.78 Å². The van der Waals surface area contributed by atoms with Crippen molar-refractivity contribution in [3.8, 4) is 12.1 Å². The molecule has 2 aromatic carbocycles. The molecule has 0 radical (unpaired) electrons. The summed E-state index contributed by atoms with van der Waals surface area (Å²) in [4.78, 5) is 0. The van der Waals surface area contributed by atoms with Crippen molar-refractivity contribution in [2.24, 2.45) is 0 Å². The Hall–Kier alpha value is -2.76. The minimum Gasteiger partial charge on any atom is -0.392 e. The number of hydrogen-bond donors (Lipinski definition) is 1. The Kier molecular flexibility index (Phi) is 6.00. The van der Waals surface area contributed by atoms with Crippen molar-refractivity contribution in [3.63, 3.8) is 0 Å². The predicted molar refractivity (Wildman–Crippen MR) is 72.9 cm³/mol. The Labute approximate surface area is 121 Å². The van der Waals surface area contributed by atoms with Crippen LogP contribution < -0.4 is 0 Å². The second-order valence-corrected chi connectivity index (χ2v) is 4.14. The van der Waals surface area contributed by atoms with E-state index in [0.29, 0.717) is 22.3 Å². The highest BCUT2D eigenvalue weighted by Crippen LogP contribution is 2.09. The fourth-order valence-corrected chi connectivity index (χ4v) is 1.55. The number of aryl methyl sites for hydroxylation is 1. The van der Waals surface area contributed by atoms with E-state index in [1.54, 1.807) is 6.92 Å². The van der Waals surface area contributed by atoms with Gasteiger partial charge < -0.3 is 5.11 Å². The number of aliphatic hydroxyl groups excluding tert-OH is 1. The molecular weight excluding hydrogens is 274 g/mol. The quantitative estimate of drug-likeness (QED) is 0.875. The summed E-state index contributed by atoms with van der Waals surface area (Å²) in [6, 6.07) is 11.6. The largest absolute Gasteiger partial charge is 0.392 e. The number of aliphatic hydroxyl groups is 1. The third-order valence-electron chi connectivity index (χ3n) is 2.67. The van der Waals surface area contributed by atoms with Crippen LogP contribution in [-0.4, -0.2) is 5.11 Å². The monoisotopic (exact) mass is 286 g/mol. The summed E-state index contributed by atoms with van der Waals surface area (Å²) in [5.74, 6) is -0.732. The van der Waals surface area contributed by atoms with Crippen LogP contribution in [0, 0.1) is 41.2 Å². The average Bonchev–Trinajstić information content (AvgIpc) is 2.48. The van der Waals surface area contributed by atoms with E-state index in [2.05, 4.69) is 0 Å². The van der Waals surface area contributed by atoms with Crippen LogP contribution in [0.4, 0.5) is 8.78 Å². The average molecular weight is 286 g/mol. The maximum Gasteiger partial charge on any atom is 0.123 e. The molecule has 1 N–H and O–H groups in total. The molecule has 0 aromatic heterocycles. The van der Waals surface area contributed by atoms with Gasteiger partial charge in [-0.2, -0.15) is 10.5 Å². The summed E-state index contributed by atoms with van der Waals surface area (Å²) in [6.45, 7) is 1.41. The van der Waals surface area contributed by atoms with E-state index in [0.717, 1.165) is 6.07 Å². The van der Waals surface area contributed by atoms with Crippen LogP contribution >= 0.6 is 0 Å². The van der Waals surface area contributed by atoms with Gasteiger partial charge in [0.2, 0.25) is 0 Å². The molecule has 0 unspecified atom stereocenters. The molecule has 2 rings (SSSR count). The minimum atomic E-state index is -0.437. The van der Waals surface area contributed by atoms with E-state index in [1.807, 2.05) is 12.1 Å². The standard InChI is InChI=1S/C8H6FNO.C8H6FN/c9-8-2-1-6(4-10)7(3-8)5-11;1-6-4-8(9)3-2-7(6)5-10/h1-3,11H,5H2;2-4H,1H3. The SMILES string of the molecule is Cc1cc(F)ccc1C#N.N#Cc1ccc(F)cc1CO. The number of nitriles is 2. The zero-order chi connectivity index (χ0) is 15.8. The topological polar surface area (TPSA) is 67.8 Å². The molecule has 3 nitrogen and oxygen atoms in total. The number of hydrogen-bond acceptors (Lipinski definition) is 3. The molecule has 21 heavy (non-hydrogen) atoms. The molecule has 2 aromatic rings. The van der Waals surface area contributed by atoms with Crippen molar-refractivity contribution in [3.05, 3.63) is 70.3 Å². The molecule has 5 heteroatoms.